The maximum absolute atomic E-state index is 9.15. The minimum Gasteiger partial charge on any atom is -0.465 e. The van der Waals surface area contributed by atoms with Crippen molar-refractivity contribution in [1.82, 2.24) is 0 Å². The number of nitrogens with two attached hydrogens (primary N) is 1. The number of rotatable bonds is 5. The van der Waals surface area contributed by atoms with E-state index in [0.29, 0.717) is 17.1 Å². The Kier molecular flexibility index (Phi) is 4.54. The third kappa shape index (κ3) is 3.37. The highest BCUT2D eigenvalue weighted by Crippen LogP contribution is 2.29. The zero-order valence-corrected chi connectivity index (χ0v) is 9.38. The highest BCUT2D eigenvalue weighted by Gasteiger charge is 2.12. The van der Waals surface area contributed by atoms with Crippen LogP contribution in [0.25, 0.3) is 0 Å². The summed E-state index contributed by atoms with van der Waals surface area (Å²) in [6, 6.07) is 5.07. The lowest BCUT2D eigenvalue weighted by Gasteiger charge is -2.17. The molecule has 0 spiro atoms. The van der Waals surface area contributed by atoms with Crippen LogP contribution >= 0.6 is 0 Å². The van der Waals surface area contributed by atoms with E-state index < -0.39 is 12.6 Å². The molecular weight excluding hydrogens is 210 g/mol. The van der Waals surface area contributed by atoms with Gasteiger partial charge in [0.15, 0.2) is 12.6 Å². The normalized spacial score (nSPS) is 14.3. The predicted octanol–water partition coefficient (Wildman–Crippen LogP) is 0.579. The van der Waals surface area contributed by atoms with Crippen molar-refractivity contribution in [2.45, 2.75) is 33.0 Å². The Labute approximate surface area is 94.4 Å². The second-order valence-corrected chi connectivity index (χ2v) is 3.37. The zero-order valence-electron chi connectivity index (χ0n) is 9.38. The van der Waals surface area contributed by atoms with Gasteiger partial charge in [-0.1, -0.05) is 6.07 Å². The van der Waals surface area contributed by atoms with Crippen molar-refractivity contribution in [2.75, 3.05) is 0 Å². The van der Waals surface area contributed by atoms with Crippen molar-refractivity contribution >= 4 is 0 Å². The number of hydrogen-bond donors (Lipinski definition) is 3. The summed E-state index contributed by atoms with van der Waals surface area (Å²) >= 11 is 0. The molecule has 1 aromatic carbocycles. The summed E-state index contributed by atoms with van der Waals surface area (Å²) in [6.07, 6.45) is -1.85. The van der Waals surface area contributed by atoms with Crippen molar-refractivity contribution < 1.29 is 19.7 Å². The van der Waals surface area contributed by atoms with Crippen LogP contribution in [0.2, 0.25) is 0 Å². The molecule has 0 aromatic heterocycles. The molecule has 0 radical (unpaired) electrons. The van der Waals surface area contributed by atoms with Crippen LogP contribution < -0.4 is 15.2 Å². The molecule has 2 atom stereocenters. The van der Waals surface area contributed by atoms with Gasteiger partial charge < -0.3 is 25.4 Å². The van der Waals surface area contributed by atoms with E-state index in [1.165, 1.54) is 13.8 Å². The van der Waals surface area contributed by atoms with E-state index in [4.69, 9.17) is 25.4 Å². The van der Waals surface area contributed by atoms with Gasteiger partial charge in [0.2, 0.25) is 0 Å². The third-order valence-electron chi connectivity index (χ3n) is 1.89. The van der Waals surface area contributed by atoms with Gasteiger partial charge in [0, 0.05) is 12.1 Å². The average Bonchev–Trinajstić information content (AvgIpc) is 2.16. The van der Waals surface area contributed by atoms with Crippen molar-refractivity contribution in [2.24, 2.45) is 5.73 Å². The summed E-state index contributed by atoms with van der Waals surface area (Å²) in [6.45, 7) is 3.20. The molecule has 0 aliphatic rings. The van der Waals surface area contributed by atoms with Gasteiger partial charge in [-0.3, -0.25) is 0 Å². The molecule has 0 amide bonds. The Morgan fingerprint density at radius 2 is 1.56 bits per heavy atom. The molecule has 1 rings (SSSR count). The van der Waals surface area contributed by atoms with Gasteiger partial charge in [0.1, 0.15) is 11.5 Å². The van der Waals surface area contributed by atoms with Gasteiger partial charge in [-0.15, -0.1) is 0 Å². The summed E-state index contributed by atoms with van der Waals surface area (Å²) in [7, 11) is 0. The minimum absolute atomic E-state index is 0.199. The molecule has 90 valence electrons. The van der Waals surface area contributed by atoms with Gasteiger partial charge >= 0.3 is 0 Å². The van der Waals surface area contributed by atoms with Crippen LogP contribution in [0, 0.1) is 0 Å². The summed E-state index contributed by atoms with van der Waals surface area (Å²) in [5.74, 6) is 0.909. The maximum atomic E-state index is 9.15. The van der Waals surface area contributed by atoms with Crippen LogP contribution in [0.1, 0.15) is 19.4 Å². The Morgan fingerprint density at radius 3 is 1.88 bits per heavy atom. The first-order valence-electron chi connectivity index (χ1n) is 5.06. The molecule has 0 saturated carbocycles. The van der Waals surface area contributed by atoms with E-state index in [0.717, 1.165) is 0 Å². The third-order valence-corrected chi connectivity index (χ3v) is 1.89. The highest BCUT2D eigenvalue weighted by atomic mass is 16.6. The molecule has 5 heteroatoms. The van der Waals surface area contributed by atoms with Crippen LogP contribution in [0.5, 0.6) is 11.5 Å². The van der Waals surface area contributed by atoms with Gasteiger partial charge in [-0.05, 0) is 26.0 Å². The lowest BCUT2D eigenvalue weighted by Crippen LogP contribution is -2.15. The SMILES string of the molecule is CC(O)Oc1cccc(OC(C)O)c1CN. The minimum atomic E-state index is -0.924. The summed E-state index contributed by atoms with van der Waals surface area (Å²) < 4.78 is 10.3. The van der Waals surface area contributed by atoms with E-state index in [1.54, 1.807) is 18.2 Å². The van der Waals surface area contributed by atoms with Crippen molar-refractivity contribution in [1.29, 1.82) is 0 Å². The molecule has 0 bridgehead atoms. The fraction of sp³-hybridized carbons (Fsp3) is 0.455. The van der Waals surface area contributed by atoms with Gasteiger partial charge in [0.25, 0.3) is 0 Å². The molecule has 4 N–H and O–H groups in total. The average molecular weight is 227 g/mol. The smallest absolute Gasteiger partial charge is 0.194 e. The van der Waals surface area contributed by atoms with Gasteiger partial charge in [-0.25, -0.2) is 0 Å². The van der Waals surface area contributed by atoms with E-state index in [9.17, 15) is 0 Å². The Morgan fingerprint density at radius 1 is 1.12 bits per heavy atom. The fourth-order valence-electron chi connectivity index (χ4n) is 1.34. The maximum Gasteiger partial charge on any atom is 0.194 e. The first-order valence-corrected chi connectivity index (χ1v) is 5.06. The predicted molar refractivity (Wildman–Crippen MR) is 59.0 cm³/mol. The van der Waals surface area contributed by atoms with Crippen molar-refractivity contribution in [3.8, 4) is 11.5 Å². The zero-order chi connectivity index (χ0) is 12.1. The standard InChI is InChI=1S/C11H17NO4/c1-7(13)15-10-4-3-5-11(9(10)6-12)16-8(2)14/h3-5,7-8,13-14H,6,12H2,1-2H3. The summed E-state index contributed by atoms with van der Waals surface area (Å²) in [5, 5.41) is 18.3. The molecule has 5 nitrogen and oxygen atoms in total. The quantitative estimate of drug-likeness (QED) is 0.641. The molecule has 0 fully saturated rings. The number of benzene rings is 1. The fourth-order valence-corrected chi connectivity index (χ4v) is 1.34. The van der Waals surface area contributed by atoms with Crippen molar-refractivity contribution in [3.63, 3.8) is 0 Å². The number of aliphatic hydroxyl groups excluding tert-OH is 2. The van der Waals surface area contributed by atoms with Crippen LogP contribution in [0.15, 0.2) is 18.2 Å². The molecule has 16 heavy (non-hydrogen) atoms. The Bertz CT molecular complexity index is 311. The molecular formula is C11H17NO4. The number of hydrogen-bond acceptors (Lipinski definition) is 5. The van der Waals surface area contributed by atoms with Crippen LogP contribution in [-0.2, 0) is 6.54 Å². The van der Waals surface area contributed by atoms with Crippen molar-refractivity contribution in [3.05, 3.63) is 23.8 Å². The molecule has 0 aliphatic carbocycles. The van der Waals surface area contributed by atoms with E-state index in [-0.39, 0.29) is 6.54 Å². The Hall–Kier alpha value is -1.30. The molecule has 0 aliphatic heterocycles. The number of ether oxygens (including phenoxy) is 2. The lowest BCUT2D eigenvalue weighted by molar-refractivity contribution is -0.00664. The first kappa shape index (κ1) is 12.8. The molecule has 0 saturated heterocycles. The van der Waals surface area contributed by atoms with Gasteiger partial charge in [-0.2, -0.15) is 0 Å². The van der Waals surface area contributed by atoms with Crippen LogP contribution in [-0.4, -0.2) is 22.8 Å². The second-order valence-electron chi connectivity index (χ2n) is 3.37. The largest absolute Gasteiger partial charge is 0.465 e. The highest BCUT2D eigenvalue weighted by molar-refractivity contribution is 5.44. The summed E-state index contributed by atoms with van der Waals surface area (Å²) in [4.78, 5) is 0. The first-order chi connectivity index (χ1) is 7.54. The van der Waals surface area contributed by atoms with E-state index in [2.05, 4.69) is 0 Å². The van der Waals surface area contributed by atoms with E-state index in [1.807, 2.05) is 0 Å². The summed E-state index contributed by atoms with van der Waals surface area (Å²) in [5.41, 5.74) is 6.19. The van der Waals surface area contributed by atoms with Gasteiger partial charge in [0.05, 0.1) is 0 Å². The molecule has 1 aromatic rings. The molecule has 0 heterocycles. The van der Waals surface area contributed by atoms with E-state index >= 15 is 0 Å². The molecule has 2 unspecified atom stereocenters. The van der Waals surface area contributed by atoms with Crippen LogP contribution in [0.3, 0.4) is 0 Å². The number of aliphatic hydroxyl groups is 2. The lowest BCUT2D eigenvalue weighted by atomic mass is 10.2. The second kappa shape index (κ2) is 5.69. The Balaban J connectivity index is 3.00. The van der Waals surface area contributed by atoms with Crippen LogP contribution in [0.4, 0.5) is 0 Å². The topological polar surface area (TPSA) is 84.9 Å². The monoisotopic (exact) mass is 227 g/mol.